The van der Waals surface area contributed by atoms with E-state index in [0.29, 0.717) is 25.4 Å². The first-order valence-electron chi connectivity index (χ1n) is 7.79. The topological polar surface area (TPSA) is 86.1 Å². The van der Waals surface area contributed by atoms with Crippen molar-refractivity contribution in [3.63, 3.8) is 0 Å². The van der Waals surface area contributed by atoms with Crippen molar-refractivity contribution in [2.75, 3.05) is 5.32 Å². The Bertz CT molecular complexity index is 1000. The molecule has 136 valence electrons. The fourth-order valence-electron chi connectivity index (χ4n) is 2.36. The molecule has 0 bridgehead atoms. The number of anilines is 1. The molecular formula is C17H17BrN4O3S. The van der Waals surface area contributed by atoms with E-state index < -0.39 is 11.7 Å². The number of benzene rings is 1. The number of ether oxygens (including phenoxy) is 1. The highest BCUT2D eigenvalue weighted by molar-refractivity contribution is 9.11. The minimum absolute atomic E-state index is 0.270. The number of amides is 1. The number of aryl methyl sites for hydroxylation is 1. The van der Waals surface area contributed by atoms with E-state index in [1.165, 1.54) is 22.2 Å². The summed E-state index contributed by atoms with van der Waals surface area (Å²) in [4.78, 5) is 29.3. The lowest BCUT2D eigenvalue weighted by molar-refractivity contribution is 0.0522. The third-order valence-electron chi connectivity index (χ3n) is 3.47. The smallest absolute Gasteiger partial charge is 0.435 e. The van der Waals surface area contributed by atoms with Crippen LogP contribution in [0.5, 0.6) is 0 Å². The number of halogens is 1. The molecule has 0 atom stereocenters. The zero-order valence-corrected chi connectivity index (χ0v) is 17.1. The Hall–Kier alpha value is -2.26. The number of carbonyl (C=O) groups excluding carboxylic acids is 2. The molecule has 0 saturated carbocycles. The maximum atomic E-state index is 12.5. The summed E-state index contributed by atoms with van der Waals surface area (Å²) in [6, 6.07) is 3.60. The summed E-state index contributed by atoms with van der Waals surface area (Å²) in [5.74, 6) is -0.270. The molecule has 2 heterocycles. The Morgan fingerprint density at radius 3 is 2.62 bits per heavy atom. The highest BCUT2D eigenvalue weighted by atomic mass is 79.9. The lowest BCUT2D eigenvalue weighted by Crippen LogP contribution is -2.27. The highest BCUT2D eigenvalue weighted by Crippen LogP contribution is 2.29. The van der Waals surface area contributed by atoms with Gasteiger partial charge in [-0.2, -0.15) is 9.78 Å². The van der Waals surface area contributed by atoms with Gasteiger partial charge < -0.3 is 10.1 Å². The molecule has 0 fully saturated rings. The predicted molar refractivity (Wildman–Crippen MR) is 104 cm³/mol. The molecule has 0 saturated heterocycles. The number of carbonyl (C=O) groups is 2. The minimum atomic E-state index is -0.628. The van der Waals surface area contributed by atoms with Crippen LogP contribution in [0.1, 0.15) is 36.0 Å². The van der Waals surface area contributed by atoms with E-state index in [2.05, 4.69) is 31.3 Å². The molecule has 0 aliphatic rings. The molecule has 1 N–H and O–H groups in total. The summed E-state index contributed by atoms with van der Waals surface area (Å²) in [5, 5.41) is 7.69. The molecule has 1 aromatic carbocycles. The first-order chi connectivity index (χ1) is 12.2. The molecule has 3 aromatic rings. The molecule has 0 aliphatic heterocycles. The van der Waals surface area contributed by atoms with Crippen LogP contribution in [-0.4, -0.2) is 32.4 Å². The quantitative estimate of drug-likeness (QED) is 0.634. The van der Waals surface area contributed by atoms with E-state index in [-0.39, 0.29) is 5.91 Å². The third kappa shape index (κ3) is 3.78. The summed E-state index contributed by atoms with van der Waals surface area (Å²) in [5.41, 5.74) is 1.40. The number of rotatable bonds is 2. The van der Waals surface area contributed by atoms with Crippen molar-refractivity contribution in [3.8, 4) is 0 Å². The van der Waals surface area contributed by atoms with Crippen LogP contribution in [-0.2, 0) is 4.74 Å². The molecule has 7 nitrogen and oxygen atoms in total. The molecule has 9 heteroatoms. The lowest BCUT2D eigenvalue weighted by Gasteiger charge is -2.19. The Kier molecular flexibility index (Phi) is 4.85. The average Bonchev–Trinajstić information content (AvgIpc) is 3.14. The standard InChI is InChI=1S/C17H17BrN4O3S/c1-9-5-6-11-10(7-20-22(11)16(24)25-17(2,3)4)13(9)21-14(23)12-8-19-15(18)26-12/h5-8H,1-4H3,(H,21,23). The second kappa shape index (κ2) is 6.81. The molecule has 0 spiro atoms. The third-order valence-corrected chi connectivity index (χ3v) is 4.94. The van der Waals surface area contributed by atoms with Crippen LogP contribution in [0.25, 0.3) is 10.9 Å². The summed E-state index contributed by atoms with van der Waals surface area (Å²) in [6.45, 7) is 7.25. The van der Waals surface area contributed by atoms with Crippen molar-refractivity contribution in [1.82, 2.24) is 14.8 Å². The molecular weight excluding hydrogens is 420 g/mol. The SMILES string of the molecule is Cc1ccc2c(cnn2C(=O)OC(C)(C)C)c1NC(=O)c1cnc(Br)s1. The number of aromatic nitrogens is 3. The number of nitrogens with zero attached hydrogens (tertiary/aromatic N) is 3. The number of fused-ring (bicyclic) bond motifs is 1. The molecule has 3 rings (SSSR count). The maximum absolute atomic E-state index is 12.5. The molecule has 2 aromatic heterocycles. The first-order valence-corrected chi connectivity index (χ1v) is 9.40. The van der Waals surface area contributed by atoms with Crippen molar-refractivity contribution in [1.29, 1.82) is 0 Å². The molecule has 1 amide bonds. The lowest BCUT2D eigenvalue weighted by atomic mass is 10.1. The van der Waals surface area contributed by atoms with Gasteiger partial charge in [0.2, 0.25) is 0 Å². The fourth-order valence-corrected chi connectivity index (χ4v) is 3.52. The van der Waals surface area contributed by atoms with Crippen LogP contribution < -0.4 is 5.32 Å². The van der Waals surface area contributed by atoms with Gasteiger partial charge in [0.1, 0.15) is 10.5 Å². The van der Waals surface area contributed by atoms with Gasteiger partial charge in [-0.15, -0.1) is 11.3 Å². The van der Waals surface area contributed by atoms with Crippen LogP contribution in [0.3, 0.4) is 0 Å². The maximum Gasteiger partial charge on any atom is 0.435 e. The van der Waals surface area contributed by atoms with Crippen LogP contribution in [0.15, 0.2) is 28.4 Å². The summed E-state index contributed by atoms with van der Waals surface area (Å²) in [7, 11) is 0. The van der Waals surface area contributed by atoms with E-state index in [9.17, 15) is 9.59 Å². The van der Waals surface area contributed by atoms with Crippen molar-refractivity contribution in [2.24, 2.45) is 0 Å². The predicted octanol–water partition coefficient (Wildman–Crippen LogP) is 4.60. The van der Waals surface area contributed by atoms with E-state index >= 15 is 0 Å². The number of nitrogens with one attached hydrogen (secondary N) is 1. The van der Waals surface area contributed by atoms with Crippen molar-refractivity contribution in [3.05, 3.63) is 38.9 Å². The monoisotopic (exact) mass is 436 g/mol. The van der Waals surface area contributed by atoms with Gasteiger partial charge in [0.05, 0.1) is 23.6 Å². The van der Waals surface area contributed by atoms with Crippen molar-refractivity contribution >= 4 is 55.9 Å². The zero-order chi connectivity index (χ0) is 19.1. The van der Waals surface area contributed by atoms with Gasteiger partial charge in [-0.3, -0.25) is 4.79 Å². The van der Waals surface area contributed by atoms with E-state index in [1.54, 1.807) is 33.0 Å². The molecule has 0 radical (unpaired) electrons. The van der Waals surface area contributed by atoms with E-state index in [0.717, 1.165) is 5.56 Å². The van der Waals surface area contributed by atoms with Crippen LogP contribution in [0, 0.1) is 6.92 Å². The van der Waals surface area contributed by atoms with Gasteiger partial charge in [0.15, 0.2) is 3.92 Å². The molecule has 0 unspecified atom stereocenters. The minimum Gasteiger partial charge on any atom is -0.442 e. The highest BCUT2D eigenvalue weighted by Gasteiger charge is 2.22. The fraction of sp³-hybridized carbons (Fsp3) is 0.294. The largest absolute Gasteiger partial charge is 0.442 e. The van der Waals surface area contributed by atoms with Gasteiger partial charge in [-0.25, -0.2) is 9.78 Å². The van der Waals surface area contributed by atoms with Crippen LogP contribution >= 0.6 is 27.3 Å². The second-order valence-corrected chi connectivity index (χ2v) is 8.97. The number of thiazole rings is 1. The molecule has 26 heavy (non-hydrogen) atoms. The van der Waals surface area contributed by atoms with Gasteiger partial charge >= 0.3 is 6.09 Å². The second-order valence-electron chi connectivity index (χ2n) is 6.66. The van der Waals surface area contributed by atoms with Crippen LogP contribution in [0.4, 0.5) is 10.5 Å². The van der Waals surface area contributed by atoms with Crippen molar-refractivity contribution in [2.45, 2.75) is 33.3 Å². The van der Waals surface area contributed by atoms with E-state index in [4.69, 9.17) is 4.74 Å². The van der Waals surface area contributed by atoms with Gasteiger partial charge in [0, 0.05) is 5.39 Å². The van der Waals surface area contributed by atoms with Gasteiger partial charge in [-0.05, 0) is 55.3 Å². The molecule has 0 aliphatic carbocycles. The Labute approximate surface area is 162 Å². The average molecular weight is 437 g/mol. The first kappa shape index (κ1) is 18.5. The Morgan fingerprint density at radius 1 is 1.27 bits per heavy atom. The van der Waals surface area contributed by atoms with Gasteiger partial charge in [-0.1, -0.05) is 6.07 Å². The summed E-state index contributed by atoms with van der Waals surface area (Å²) >= 11 is 4.49. The van der Waals surface area contributed by atoms with Crippen LogP contribution in [0.2, 0.25) is 0 Å². The summed E-state index contributed by atoms with van der Waals surface area (Å²) < 4.78 is 7.20. The summed E-state index contributed by atoms with van der Waals surface area (Å²) in [6.07, 6.45) is 2.48. The van der Waals surface area contributed by atoms with Gasteiger partial charge in [0.25, 0.3) is 5.91 Å². The van der Waals surface area contributed by atoms with E-state index in [1.807, 2.05) is 13.0 Å². The Morgan fingerprint density at radius 2 is 2.00 bits per heavy atom. The Balaban J connectivity index is 1.97. The van der Waals surface area contributed by atoms with Crippen molar-refractivity contribution < 1.29 is 14.3 Å². The number of hydrogen-bond donors (Lipinski definition) is 1. The number of hydrogen-bond acceptors (Lipinski definition) is 6. The normalized spacial score (nSPS) is 11.6. The zero-order valence-electron chi connectivity index (χ0n) is 14.7.